The smallest absolute Gasteiger partial charge is 0.306 e. The van der Waals surface area contributed by atoms with Crippen molar-refractivity contribution in [2.45, 2.75) is 219 Å². The van der Waals surface area contributed by atoms with E-state index in [0.717, 1.165) is 109 Å². The number of esters is 3. The third-order valence-electron chi connectivity index (χ3n) is 10.1. The van der Waals surface area contributed by atoms with Crippen LogP contribution in [0.5, 0.6) is 0 Å². The molecule has 0 rings (SSSR count). The van der Waals surface area contributed by atoms with E-state index >= 15 is 0 Å². The van der Waals surface area contributed by atoms with Gasteiger partial charge in [0.25, 0.3) is 0 Å². The number of carbonyl (C=O) groups is 3. The molecule has 0 bridgehead atoms. The van der Waals surface area contributed by atoms with E-state index in [0.29, 0.717) is 12.8 Å². The fourth-order valence-corrected chi connectivity index (χ4v) is 6.33. The maximum absolute atomic E-state index is 12.8. The van der Waals surface area contributed by atoms with E-state index in [2.05, 4.69) is 118 Å². The van der Waals surface area contributed by atoms with Crippen LogP contribution in [0.2, 0.25) is 0 Å². The molecule has 0 amide bonds. The summed E-state index contributed by atoms with van der Waals surface area (Å²) >= 11 is 0. The monoisotopic (exact) mass is 847 g/mol. The van der Waals surface area contributed by atoms with E-state index < -0.39 is 6.10 Å². The van der Waals surface area contributed by atoms with E-state index in [1.165, 1.54) is 57.8 Å². The Morgan fingerprint density at radius 3 is 1.25 bits per heavy atom. The summed E-state index contributed by atoms with van der Waals surface area (Å²) in [6.07, 6.45) is 64.0. The Kier molecular flexibility index (Phi) is 46.0. The van der Waals surface area contributed by atoms with Gasteiger partial charge < -0.3 is 14.2 Å². The molecule has 1 atom stereocenters. The second-order valence-electron chi connectivity index (χ2n) is 16.0. The molecule has 0 spiro atoms. The third kappa shape index (κ3) is 47.2. The Hall–Kier alpha value is -3.67. The van der Waals surface area contributed by atoms with Gasteiger partial charge in [-0.1, -0.05) is 189 Å². The number of hydrogen-bond acceptors (Lipinski definition) is 6. The number of carbonyl (C=O) groups excluding carboxylic acids is 3. The lowest BCUT2D eigenvalue weighted by atomic mass is 10.1. The standard InChI is InChI=1S/C55H90O6/c1-4-7-10-13-16-19-22-24-26-28-30-31-33-36-39-42-45-48-54(57)60-51-52(50-59-53(56)47-44-41-38-35-21-18-15-12-9-6-3)61-55(58)49-46-43-40-37-34-32-29-27-25-23-20-17-14-11-8-5-2/h7,10,15-16,18-19,24,26-27,29-32,34,36,39,52H,4-6,8-9,11-14,17,20-23,25,28,33,35,37-38,40-51H2,1-3H3/b10-7-,18-15-,19-16-,26-24-,29-27-,31-30-,34-32-,39-36-. The highest BCUT2D eigenvalue weighted by molar-refractivity contribution is 5.71. The largest absolute Gasteiger partial charge is 0.462 e. The van der Waals surface area contributed by atoms with Crippen LogP contribution in [0.1, 0.15) is 213 Å². The van der Waals surface area contributed by atoms with Crippen LogP contribution in [0.3, 0.4) is 0 Å². The minimum absolute atomic E-state index is 0.113. The zero-order chi connectivity index (χ0) is 44.4. The lowest BCUT2D eigenvalue weighted by Gasteiger charge is -2.18. The molecule has 0 aliphatic heterocycles. The van der Waals surface area contributed by atoms with Gasteiger partial charge in [-0.3, -0.25) is 14.4 Å². The predicted molar refractivity (Wildman–Crippen MR) is 260 cm³/mol. The number of rotatable bonds is 43. The van der Waals surface area contributed by atoms with Crippen LogP contribution in [0.15, 0.2) is 97.2 Å². The van der Waals surface area contributed by atoms with Gasteiger partial charge in [-0.05, 0) is 103 Å². The fourth-order valence-electron chi connectivity index (χ4n) is 6.33. The normalized spacial score (nSPS) is 12.9. The number of unbranched alkanes of at least 4 members (excludes halogenated alkanes) is 17. The summed E-state index contributed by atoms with van der Waals surface area (Å²) in [6, 6.07) is 0. The molecule has 0 saturated carbocycles. The number of ether oxygens (including phenoxy) is 3. The van der Waals surface area contributed by atoms with Crippen molar-refractivity contribution in [2.24, 2.45) is 0 Å². The molecule has 0 radical (unpaired) electrons. The van der Waals surface area contributed by atoms with Gasteiger partial charge in [-0.2, -0.15) is 0 Å². The van der Waals surface area contributed by atoms with E-state index in [4.69, 9.17) is 14.2 Å². The highest BCUT2D eigenvalue weighted by Crippen LogP contribution is 2.12. The molecule has 0 N–H and O–H groups in total. The maximum atomic E-state index is 12.8. The van der Waals surface area contributed by atoms with Gasteiger partial charge in [-0.25, -0.2) is 0 Å². The first-order chi connectivity index (χ1) is 30.0. The van der Waals surface area contributed by atoms with Crippen LogP contribution < -0.4 is 0 Å². The van der Waals surface area contributed by atoms with Crippen LogP contribution in [-0.2, 0) is 28.6 Å². The minimum Gasteiger partial charge on any atom is -0.462 e. The van der Waals surface area contributed by atoms with E-state index in [1.54, 1.807) is 0 Å². The zero-order valence-corrected chi connectivity index (χ0v) is 39.4. The first-order valence-corrected chi connectivity index (χ1v) is 24.8. The van der Waals surface area contributed by atoms with E-state index in [1.807, 2.05) is 0 Å². The highest BCUT2D eigenvalue weighted by Gasteiger charge is 2.19. The highest BCUT2D eigenvalue weighted by atomic mass is 16.6. The maximum Gasteiger partial charge on any atom is 0.306 e. The summed E-state index contributed by atoms with van der Waals surface area (Å²) < 4.78 is 16.7. The van der Waals surface area contributed by atoms with Crippen molar-refractivity contribution >= 4 is 17.9 Å². The van der Waals surface area contributed by atoms with Crippen molar-refractivity contribution in [2.75, 3.05) is 13.2 Å². The van der Waals surface area contributed by atoms with Crippen molar-refractivity contribution in [1.29, 1.82) is 0 Å². The molecule has 0 aromatic heterocycles. The summed E-state index contributed by atoms with van der Waals surface area (Å²) in [7, 11) is 0. The first kappa shape index (κ1) is 57.3. The van der Waals surface area contributed by atoms with Gasteiger partial charge in [0.1, 0.15) is 13.2 Å². The molecule has 0 saturated heterocycles. The molecule has 346 valence electrons. The van der Waals surface area contributed by atoms with Crippen molar-refractivity contribution in [3.8, 4) is 0 Å². The van der Waals surface area contributed by atoms with Gasteiger partial charge in [0.05, 0.1) is 0 Å². The summed E-state index contributed by atoms with van der Waals surface area (Å²) in [5.74, 6) is -1.02. The van der Waals surface area contributed by atoms with Crippen LogP contribution >= 0.6 is 0 Å². The van der Waals surface area contributed by atoms with E-state index in [9.17, 15) is 14.4 Å². The Balaban J connectivity index is 4.52. The van der Waals surface area contributed by atoms with Gasteiger partial charge in [0, 0.05) is 19.3 Å². The van der Waals surface area contributed by atoms with Crippen molar-refractivity contribution in [3.05, 3.63) is 97.2 Å². The number of hydrogen-bond donors (Lipinski definition) is 0. The molecule has 0 aliphatic rings. The van der Waals surface area contributed by atoms with Gasteiger partial charge >= 0.3 is 17.9 Å². The second kappa shape index (κ2) is 49.0. The van der Waals surface area contributed by atoms with Crippen LogP contribution in [-0.4, -0.2) is 37.2 Å². The molecule has 0 fully saturated rings. The summed E-state index contributed by atoms with van der Waals surface area (Å²) in [5.41, 5.74) is 0. The fraction of sp³-hybridized carbons (Fsp3) is 0.655. The molecular formula is C55H90O6. The van der Waals surface area contributed by atoms with Crippen molar-refractivity contribution in [1.82, 2.24) is 0 Å². The molecule has 0 aromatic carbocycles. The summed E-state index contributed by atoms with van der Waals surface area (Å²) in [6.45, 7) is 6.37. The van der Waals surface area contributed by atoms with Crippen LogP contribution in [0, 0.1) is 0 Å². The van der Waals surface area contributed by atoms with Gasteiger partial charge in [-0.15, -0.1) is 0 Å². The molecule has 0 aliphatic carbocycles. The Bertz CT molecular complexity index is 1250. The molecule has 1 unspecified atom stereocenters. The van der Waals surface area contributed by atoms with Crippen molar-refractivity contribution < 1.29 is 28.6 Å². The lowest BCUT2D eigenvalue weighted by Crippen LogP contribution is -2.30. The Morgan fingerprint density at radius 2 is 0.721 bits per heavy atom. The number of allylic oxidation sites excluding steroid dienone is 16. The van der Waals surface area contributed by atoms with E-state index in [-0.39, 0.29) is 44.0 Å². The summed E-state index contributed by atoms with van der Waals surface area (Å²) in [4.78, 5) is 37.8. The molecule has 6 heteroatoms. The first-order valence-electron chi connectivity index (χ1n) is 24.8. The van der Waals surface area contributed by atoms with Crippen LogP contribution in [0.4, 0.5) is 0 Å². The quantitative estimate of drug-likeness (QED) is 0.0200. The molecular weight excluding hydrogens is 757 g/mol. The zero-order valence-electron chi connectivity index (χ0n) is 39.4. The average molecular weight is 847 g/mol. The van der Waals surface area contributed by atoms with Gasteiger partial charge in [0.15, 0.2) is 6.10 Å². The van der Waals surface area contributed by atoms with Crippen molar-refractivity contribution in [3.63, 3.8) is 0 Å². The minimum atomic E-state index is -0.818. The summed E-state index contributed by atoms with van der Waals surface area (Å²) in [5, 5.41) is 0. The molecule has 0 aromatic rings. The Labute approximate surface area is 375 Å². The SMILES string of the molecule is CC/C=C\C/C=C\C/C=C\C/C=C\C/C=C\CCCC(=O)OCC(COC(=O)CCCCCC/C=C\CCCC)OC(=O)CCCCC/C=C\C=C/CCCCCCCCC. The molecule has 61 heavy (non-hydrogen) atoms. The third-order valence-corrected chi connectivity index (χ3v) is 10.1. The van der Waals surface area contributed by atoms with Crippen LogP contribution in [0.25, 0.3) is 0 Å². The predicted octanol–water partition coefficient (Wildman–Crippen LogP) is 16.2. The molecule has 6 nitrogen and oxygen atoms in total. The van der Waals surface area contributed by atoms with Gasteiger partial charge in [0.2, 0.25) is 0 Å². The average Bonchev–Trinajstić information content (AvgIpc) is 3.26. The lowest BCUT2D eigenvalue weighted by molar-refractivity contribution is -0.167. The second-order valence-corrected chi connectivity index (χ2v) is 16.0. The molecule has 0 heterocycles. The Morgan fingerprint density at radius 1 is 0.361 bits per heavy atom. The topological polar surface area (TPSA) is 78.9 Å².